The molecule has 3 aromatic rings. The highest BCUT2D eigenvalue weighted by Gasteiger charge is 2.25. The van der Waals surface area contributed by atoms with Crippen molar-refractivity contribution in [1.82, 2.24) is 9.80 Å². The predicted octanol–water partition coefficient (Wildman–Crippen LogP) is 4.56. The van der Waals surface area contributed by atoms with E-state index in [-0.39, 0.29) is 17.6 Å². The van der Waals surface area contributed by atoms with E-state index in [9.17, 15) is 13.6 Å². The molecule has 186 valence electrons. The predicted molar refractivity (Wildman–Crippen MR) is 130 cm³/mol. The maximum atomic E-state index is 13.6. The molecule has 36 heavy (non-hydrogen) atoms. The van der Waals surface area contributed by atoms with Crippen LogP contribution in [0.25, 0.3) is 0 Å². The van der Waals surface area contributed by atoms with Crippen molar-refractivity contribution < 1.29 is 23.0 Å². The normalized spacial score (nSPS) is 14.8. The molecule has 1 aliphatic heterocycles. The van der Waals surface area contributed by atoms with Crippen LogP contribution in [0.3, 0.4) is 0 Å². The molecule has 3 aromatic carbocycles. The van der Waals surface area contributed by atoms with Crippen molar-refractivity contribution in [2.24, 2.45) is 0 Å². The molecular weight excluding hydrogens is 464 g/mol. The summed E-state index contributed by atoms with van der Waals surface area (Å²) in [7, 11) is 1.62. The highest BCUT2D eigenvalue weighted by Crippen LogP contribution is 2.25. The minimum atomic E-state index is -1.03. The first-order valence-electron chi connectivity index (χ1n) is 11.7. The SMILES string of the molecule is COc1cccc(C(CN2CCN(C(=O)c3ccc(F)c(F)c3)CC2)OCc2ccc(C#N)cc2)c1. The maximum absolute atomic E-state index is 13.6. The standard InChI is InChI=1S/C28H27F2N3O3/c1-35-24-4-2-3-22(15-24)27(36-19-21-7-5-20(17-31)6-8-21)18-32-11-13-33(14-12-32)28(34)23-9-10-25(29)26(30)16-23/h2-10,15-16,27H,11-14,18-19H2,1H3. The molecule has 0 N–H and O–H groups in total. The third kappa shape index (κ3) is 6.25. The number of hydrogen-bond donors (Lipinski definition) is 0. The molecule has 0 spiro atoms. The highest BCUT2D eigenvalue weighted by molar-refractivity contribution is 5.94. The van der Waals surface area contributed by atoms with E-state index < -0.39 is 11.6 Å². The van der Waals surface area contributed by atoms with Gasteiger partial charge in [0.15, 0.2) is 11.6 Å². The number of nitriles is 1. The number of methoxy groups -OCH3 is 1. The lowest BCUT2D eigenvalue weighted by molar-refractivity contribution is 0.00333. The van der Waals surface area contributed by atoms with E-state index >= 15 is 0 Å². The Bertz CT molecular complexity index is 1240. The van der Waals surface area contributed by atoms with Gasteiger partial charge in [0.05, 0.1) is 31.5 Å². The molecule has 1 aliphatic rings. The fourth-order valence-electron chi connectivity index (χ4n) is 4.15. The summed E-state index contributed by atoms with van der Waals surface area (Å²) in [5.74, 6) is -1.57. The lowest BCUT2D eigenvalue weighted by Crippen LogP contribution is -2.49. The average molecular weight is 492 g/mol. The van der Waals surface area contributed by atoms with Crippen molar-refractivity contribution in [1.29, 1.82) is 5.26 Å². The second-order valence-electron chi connectivity index (χ2n) is 8.61. The Balaban J connectivity index is 1.41. The Morgan fingerprint density at radius 3 is 2.42 bits per heavy atom. The van der Waals surface area contributed by atoms with Gasteiger partial charge in [-0.1, -0.05) is 24.3 Å². The maximum Gasteiger partial charge on any atom is 0.254 e. The average Bonchev–Trinajstić information content (AvgIpc) is 2.92. The van der Waals surface area contributed by atoms with Gasteiger partial charge in [-0.3, -0.25) is 9.69 Å². The fraction of sp³-hybridized carbons (Fsp3) is 0.286. The molecule has 1 amide bonds. The Labute approximate surface area is 209 Å². The summed E-state index contributed by atoms with van der Waals surface area (Å²) < 4.78 is 38.5. The van der Waals surface area contributed by atoms with Crippen molar-refractivity contribution in [3.05, 3.63) is 101 Å². The van der Waals surface area contributed by atoms with Crippen molar-refractivity contribution in [3.63, 3.8) is 0 Å². The largest absolute Gasteiger partial charge is 0.497 e. The van der Waals surface area contributed by atoms with E-state index in [1.807, 2.05) is 36.4 Å². The quantitative estimate of drug-likeness (QED) is 0.462. The van der Waals surface area contributed by atoms with Gasteiger partial charge < -0.3 is 14.4 Å². The zero-order valence-electron chi connectivity index (χ0n) is 20.0. The molecule has 0 aliphatic carbocycles. The number of amides is 1. The minimum Gasteiger partial charge on any atom is -0.497 e. The molecule has 1 fully saturated rings. The number of rotatable bonds is 8. The summed E-state index contributed by atoms with van der Waals surface area (Å²) in [6.45, 7) is 3.17. The summed E-state index contributed by atoms with van der Waals surface area (Å²) in [5.41, 5.74) is 2.67. The third-order valence-electron chi connectivity index (χ3n) is 6.25. The molecule has 0 saturated carbocycles. The van der Waals surface area contributed by atoms with Gasteiger partial charge in [-0.2, -0.15) is 5.26 Å². The Hall–Kier alpha value is -3.80. The van der Waals surface area contributed by atoms with Crippen LogP contribution >= 0.6 is 0 Å². The zero-order chi connectivity index (χ0) is 25.5. The van der Waals surface area contributed by atoms with E-state index in [2.05, 4.69) is 11.0 Å². The molecule has 1 saturated heterocycles. The van der Waals surface area contributed by atoms with Crippen LogP contribution in [0.2, 0.25) is 0 Å². The summed E-state index contributed by atoms with van der Waals surface area (Å²) in [6.07, 6.45) is -0.246. The molecule has 0 bridgehead atoms. The number of benzene rings is 3. The van der Waals surface area contributed by atoms with Crippen molar-refractivity contribution >= 4 is 5.91 Å². The third-order valence-corrected chi connectivity index (χ3v) is 6.25. The first-order valence-corrected chi connectivity index (χ1v) is 11.7. The monoisotopic (exact) mass is 491 g/mol. The van der Waals surface area contributed by atoms with Gasteiger partial charge in [0, 0.05) is 38.3 Å². The number of halogens is 2. The van der Waals surface area contributed by atoms with E-state index in [1.54, 1.807) is 24.1 Å². The lowest BCUT2D eigenvalue weighted by atomic mass is 10.1. The van der Waals surface area contributed by atoms with Crippen LogP contribution in [0.4, 0.5) is 8.78 Å². The molecule has 0 radical (unpaired) electrons. The minimum absolute atomic E-state index is 0.141. The molecule has 1 atom stereocenters. The number of carbonyl (C=O) groups excluding carboxylic acids is 1. The molecule has 0 aromatic heterocycles. The van der Waals surface area contributed by atoms with Crippen molar-refractivity contribution in [2.75, 3.05) is 39.8 Å². The zero-order valence-corrected chi connectivity index (χ0v) is 20.0. The number of carbonyl (C=O) groups is 1. The molecule has 8 heteroatoms. The van der Waals surface area contributed by atoms with Crippen LogP contribution in [-0.4, -0.2) is 55.5 Å². The number of piperazine rings is 1. The summed E-state index contributed by atoms with van der Waals surface area (Å²) in [4.78, 5) is 16.6. The van der Waals surface area contributed by atoms with E-state index in [0.717, 1.165) is 29.0 Å². The van der Waals surface area contributed by atoms with Crippen LogP contribution in [0.5, 0.6) is 5.75 Å². The summed E-state index contributed by atoms with van der Waals surface area (Å²) in [5, 5.41) is 9.01. The summed E-state index contributed by atoms with van der Waals surface area (Å²) in [6, 6.07) is 20.4. The molecule has 1 heterocycles. The Kier molecular flexibility index (Phi) is 8.26. The smallest absolute Gasteiger partial charge is 0.254 e. The van der Waals surface area contributed by atoms with Crippen LogP contribution in [0, 0.1) is 23.0 Å². The topological polar surface area (TPSA) is 65.8 Å². The van der Waals surface area contributed by atoms with E-state index in [1.165, 1.54) is 6.07 Å². The number of ether oxygens (including phenoxy) is 2. The van der Waals surface area contributed by atoms with Gasteiger partial charge in [-0.25, -0.2) is 8.78 Å². The Morgan fingerprint density at radius 2 is 1.75 bits per heavy atom. The first-order chi connectivity index (χ1) is 17.5. The van der Waals surface area contributed by atoms with Gasteiger partial charge in [0.2, 0.25) is 0 Å². The highest BCUT2D eigenvalue weighted by atomic mass is 19.2. The Morgan fingerprint density at radius 1 is 1.00 bits per heavy atom. The molecule has 6 nitrogen and oxygen atoms in total. The number of nitrogens with zero attached hydrogens (tertiary/aromatic N) is 3. The molecule has 1 unspecified atom stereocenters. The van der Waals surface area contributed by atoms with Crippen molar-refractivity contribution in [3.8, 4) is 11.8 Å². The van der Waals surface area contributed by atoms with Gasteiger partial charge in [-0.15, -0.1) is 0 Å². The van der Waals surface area contributed by atoms with Gasteiger partial charge in [-0.05, 0) is 53.6 Å². The number of hydrogen-bond acceptors (Lipinski definition) is 5. The van der Waals surface area contributed by atoms with Crippen molar-refractivity contribution in [2.45, 2.75) is 12.7 Å². The van der Waals surface area contributed by atoms with Crippen LogP contribution in [0.15, 0.2) is 66.7 Å². The van der Waals surface area contributed by atoms with Crippen LogP contribution in [-0.2, 0) is 11.3 Å². The molecular formula is C28H27F2N3O3. The fourth-order valence-corrected chi connectivity index (χ4v) is 4.15. The second-order valence-corrected chi connectivity index (χ2v) is 8.61. The lowest BCUT2D eigenvalue weighted by Gasteiger charge is -2.36. The van der Waals surface area contributed by atoms with Crippen LogP contribution < -0.4 is 4.74 Å². The van der Waals surface area contributed by atoms with Gasteiger partial charge in [0.1, 0.15) is 5.75 Å². The first kappa shape index (κ1) is 25.3. The molecule has 4 rings (SSSR count). The van der Waals surface area contributed by atoms with Gasteiger partial charge >= 0.3 is 0 Å². The second kappa shape index (κ2) is 11.8. The van der Waals surface area contributed by atoms with Crippen LogP contribution in [0.1, 0.15) is 33.2 Å². The summed E-state index contributed by atoms with van der Waals surface area (Å²) >= 11 is 0. The van der Waals surface area contributed by atoms with Gasteiger partial charge in [0.25, 0.3) is 5.91 Å². The van der Waals surface area contributed by atoms with E-state index in [0.29, 0.717) is 44.9 Å². The van der Waals surface area contributed by atoms with E-state index in [4.69, 9.17) is 14.7 Å².